The van der Waals surface area contributed by atoms with Gasteiger partial charge < -0.3 is 30.1 Å². The van der Waals surface area contributed by atoms with Crippen LogP contribution in [0.25, 0.3) is 0 Å². The first-order chi connectivity index (χ1) is 22.8. The molecule has 48 heavy (non-hydrogen) atoms. The summed E-state index contributed by atoms with van der Waals surface area (Å²) in [6.45, 7) is 11.7. The Labute approximate surface area is 288 Å². The molecule has 0 aromatic heterocycles. The number of ether oxygens (including phenoxy) is 2. The number of Topliss-reactive ketones (excluding diaryl/α,β-unsaturated/α-hetero) is 1. The van der Waals surface area contributed by atoms with E-state index in [1.54, 1.807) is 19.1 Å². The maximum atomic E-state index is 14.9. The highest BCUT2D eigenvalue weighted by Crippen LogP contribution is 2.75. The average Bonchev–Trinajstić information content (AvgIpc) is 3.44. The number of fused-ring (bicyclic) bond motifs is 3. The minimum atomic E-state index is -2.26. The molecule has 272 valence electrons. The standard InChI is InChI=1S/C39H63NO8/c1-7-9-11-13-14-15-16-17-18-20-30(42)48-38-24-27(4)37-23-26(3)34(47-35(45)40-21-19-12-10-8-2)39(37,46)32(43)28(25-41)22-29(33(37)44)31(38)36(38,5)6/h22-23,27,29,31-32,34,41,43,46H,7-21,24-25H2,1-6H3,(H,40,45)/t27-,29+,31-,32-,34+,37+,38+,39+/m1/s1. The highest BCUT2D eigenvalue weighted by Gasteiger charge is 2.83. The molecule has 0 aromatic carbocycles. The van der Waals surface area contributed by atoms with Crippen molar-refractivity contribution in [1.82, 2.24) is 5.32 Å². The molecule has 2 bridgehead atoms. The zero-order valence-electron chi connectivity index (χ0n) is 30.4. The van der Waals surface area contributed by atoms with E-state index in [0.717, 1.165) is 44.9 Å². The van der Waals surface area contributed by atoms with Crippen LogP contribution < -0.4 is 5.32 Å². The molecule has 0 heterocycles. The van der Waals surface area contributed by atoms with E-state index in [0.29, 0.717) is 25.0 Å². The van der Waals surface area contributed by atoms with Gasteiger partial charge in [-0.15, -0.1) is 0 Å². The van der Waals surface area contributed by atoms with Crippen molar-refractivity contribution in [3.05, 3.63) is 23.3 Å². The zero-order chi connectivity index (χ0) is 35.3. The van der Waals surface area contributed by atoms with Crippen molar-refractivity contribution in [2.45, 2.75) is 161 Å². The summed E-state index contributed by atoms with van der Waals surface area (Å²) < 4.78 is 12.2. The molecule has 0 saturated heterocycles. The molecule has 9 nitrogen and oxygen atoms in total. The molecule has 4 rings (SSSR count). The number of rotatable bonds is 18. The van der Waals surface area contributed by atoms with E-state index < -0.39 is 64.7 Å². The molecule has 0 radical (unpaired) electrons. The molecule has 4 N–H and O–H groups in total. The number of hydrogen-bond donors (Lipinski definition) is 4. The number of carbonyl (C=O) groups is 3. The summed E-state index contributed by atoms with van der Waals surface area (Å²) in [4.78, 5) is 41.3. The van der Waals surface area contributed by atoms with Crippen molar-refractivity contribution in [1.29, 1.82) is 0 Å². The van der Waals surface area contributed by atoms with E-state index in [4.69, 9.17) is 9.47 Å². The van der Waals surface area contributed by atoms with Gasteiger partial charge in [0.2, 0.25) is 0 Å². The van der Waals surface area contributed by atoms with Crippen molar-refractivity contribution in [3.8, 4) is 0 Å². The molecular weight excluding hydrogens is 610 g/mol. The number of unbranched alkanes of at least 4 members (excludes halogenated alkanes) is 11. The Hall–Kier alpha value is -2.23. The number of ketones is 1. The highest BCUT2D eigenvalue weighted by molar-refractivity contribution is 5.96. The largest absolute Gasteiger partial charge is 0.458 e. The van der Waals surface area contributed by atoms with Gasteiger partial charge in [-0.05, 0) is 43.3 Å². The number of nitrogens with one attached hydrogen (secondary N) is 1. The number of allylic oxidation sites excluding steroid dienone is 1. The first kappa shape index (κ1) is 38.6. The van der Waals surface area contributed by atoms with Gasteiger partial charge in [0, 0.05) is 30.2 Å². The van der Waals surface area contributed by atoms with Gasteiger partial charge in [0.15, 0.2) is 17.5 Å². The van der Waals surface area contributed by atoms with Crippen LogP contribution in [-0.2, 0) is 19.1 Å². The van der Waals surface area contributed by atoms with Crippen molar-refractivity contribution in [3.63, 3.8) is 0 Å². The molecule has 2 fully saturated rings. The molecule has 0 unspecified atom stereocenters. The van der Waals surface area contributed by atoms with Crippen LogP contribution in [0.3, 0.4) is 0 Å². The quantitative estimate of drug-likeness (QED) is 0.0714. The van der Waals surface area contributed by atoms with Crippen LogP contribution in [0, 0.1) is 28.6 Å². The second-order valence-electron chi connectivity index (χ2n) is 15.8. The smallest absolute Gasteiger partial charge is 0.407 e. The number of alkyl carbamates (subject to hydrolysis) is 1. The molecular formula is C39H63NO8. The number of aliphatic hydroxyl groups is 3. The highest BCUT2D eigenvalue weighted by atomic mass is 16.6. The second kappa shape index (κ2) is 15.8. The molecule has 9 heteroatoms. The van der Waals surface area contributed by atoms with Crippen LogP contribution in [0.1, 0.15) is 138 Å². The summed E-state index contributed by atoms with van der Waals surface area (Å²) in [7, 11) is 0. The number of hydrogen-bond acceptors (Lipinski definition) is 8. The molecule has 2 saturated carbocycles. The Morgan fingerprint density at radius 3 is 2.15 bits per heavy atom. The Balaban J connectivity index is 1.54. The van der Waals surface area contributed by atoms with Crippen molar-refractivity contribution >= 4 is 17.8 Å². The topological polar surface area (TPSA) is 142 Å². The van der Waals surface area contributed by atoms with E-state index >= 15 is 0 Å². The predicted molar refractivity (Wildman–Crippen MR) is 185 cm³/mol. The summed E-state index contributed by atoms with van der Waals surface area (Å²) >= 11 is 0. The maximum absolute atomic E-state index is 14.9. The van der Waals surface area contributed by atoms with Gasteiger partial charge in [-0.3, -0.25) is 9.59 Å². The van der Waals surface area contributed by atoms with Crippen LogP contribution in [0.4, 0.5) is 4.79 Å². The Morgan fingerprint density at radius 1 is 0.958 bits per heavy atom. The number of aliphatic hydroxyl groups excluding tert-OH is 2. The molecule has 4 aliphatic carbocycles. The lowest BCUT2D eigenvalue weighted by molar-refractivity contribution is -0.191. The molecule has 8 atom stereocenters. The molecule has 1 spiro atoms. The van der Waals surface area contributed by atoms with Crippen LogP contribution in [0.5, 0.6) is 0 Å². The zero-order valence-corrected chi connectivity index (χ0v) is 30.4. The van der Waals surface area contributed by atoms with Gasteiger partial charge >= 0.3 is 12.1 Å². The lowest BCUT2D eigenvalue weighted by atomic mass is 9.59. The lowest BCUT2D eigenvalue weighted by Crippen LogP contribution is -2.66. The Morgan fingerprint density at radius 2 is 1.54 bits per heavy atom. The van der Waals surface area contributed by atoms with Crippen LogP contribution in [-0.4, -0.2) is 69.7 Å². The predicted octanol–water partition coefficient (Wildman–Crippen LogP) is 6.72. The first-order valence-corrected chi connectivity index (χ1v) is 18.9. The maximum Gasteiger partial charge on any atom is 0.407 e. The van der Waals surface area contributed by atoms with E-state index in [9.17, 15) is 29.7 Å². The number of esters is 1. The fourth-order valence-corrected chi connectivity index (χ4v) is 9.62. The van der Waals surface area contributed by atoms with Gasteiger partial charge in [0.25, 0.3) is 0 Å². The monoisotopic (exact) mass is 673 g/mol. The molecule has 0 aromatic rings. The molecule has 4 aliphatic rings. The second-order valence-corrected chi connectivity index (χ2v) is 15.8. The van der Waals surface area contributed by atoms with E-state index in [2.05, 4.69) is 19.2 Å². The van der Waals surface area contributed by atoms with Gasteiger partial charge in [-0.25, -0.2) is 4.79 Å². The normalized spacial score (nSPS) is 34.6. The van der Waals surface area contributed by atoms with Gasteiger partial charge in [0.05, 0.1) is 12.0 Å². The summed E-state index contributed by atoms with van der Waals surface area (Å²) in [5.41, 5.74) is -4.85. The molecule has 0 aliphatic heterocycles. The third-order valence-corrected chi connectivity index (χ3v) is 12.3. The van der Waals surface area contributed by atoms with Crippen LogP contribution in [0.15, 0.2) is 23.3 Å². The van der Waals surface area contributed by atoms with Crippen molar-refractivity contribution in [2.75, 3.05) is 13.2 Å². The van der Waals surface area contributed by atoms with E-state index in [1.807, 2.05) is 20.8 Å². The van der Waals surface area contributed by atoms with Crippen molar-refractivity contribution < 1.29 is 39.2 Å². The summed E-state index contributed by atoms with van der Waals surface area (Å²) in [6.07, 6.45) is 14.3. The fourth-order valence-electron chi connectivity index (χ4n) is 9.62. The SMILES string of the molecule is CCCCCCCCCCCC(=O)O[C@@]12C[C@@H](C)[C@]34C=C(C)[C@H](OC(=O)NCCCCCC)[C@@]3(O)[C@H](O)C(CO)=C[C@H](C4=O)[C@@H]1C2(C)C. The Bertz CT molecular complexity index is 1230. The average molecular weight is 674 g/mol. The van der Waals surface area contributed by atoms with E-state index in [1.165, 1.54) is 38.5 Å². The third kappa shape index (κ3) is 6.77. The van der Waals surface area contributed by atoms with Crippen molar-refractivity contribution in [2.24, 2.45) is 28.6 Å². The molecule has 1 amide bonds. The third-order valence-electron chi connectivity index (χ3n) is 12.3. The minimum Gasteiger partial charge on any atom is -0.458 e. The van der Waals surface area contributed by atoms with Crippen LogP contribution in [0.2, 0.25) is 0 Å². The summed E-state index contributed by atoms with van der Waals surface area (Å²) in [5.74, 6) is -2.41. The number of carbonyl (C=O) groups excluding carboxylic acids is 3. The van der Waals surface area contributed by atoms with Crippen LogP contribution >= 0.6 is 0 Å². The van der Waals surface area contributed by atoms with Gasteiger partial charge in [-0.2, -0.15) is 0 Å². The summed E-state index contributed by atoms with van der Waals surface area (Å²) in [5, 5.41) is 37.7. The Kier molecular flexibility index (Phi) is 12.7. The minimum absolute atomic E-state index is 0.0983. The van der Waals surface area contributed by atoms with E-state index in [-0.39, 0.29) is 17.3 Å². The fraction of sp³-hybridized carbons (Fsp3) is 0.821. The van der Waals surface area contributed by atoms with Gasteiger partial charge in [-0.1, -0.05) is 117 Å². The first-order valence-electron chi connectivity index (χ1n) is 18.9. The number of amides is 1. The van der Waals surface area contributed by atoms with Gasteiger partial charge in [0.1, 0.15) is 11.7 Å². The lowest BCUT2D eigenvalue weighted by Gasteiger charge is -2.49. The summed E-state index contributed by atoms with van der Waals surface area (Å²) in [6, 6.07) is 0.